The maximum Gasteiger partial charge on any atom is 0.264 e. The van der Waals surface area contributed by atoms with Crippen molar-refractivity contribution in [3.8, 4) is 5.75 Å². The number of amides is 2. The Morgan fingerprint density at radius 1 is 1.07 bits per heavy atom. The number of carbonyl (C=O) groups excluding carboxylic acids is 2. The zero-order chi connectivity index (χ0) is 20.4. The number of anilines is 1. The Kier molecular flexibility index (Phi) is 5.76. The van der Waals surface area contributed by atoms with Crippen LogP contribution in [0.1, 0.15) is 33.5 Å². The van der Waals surface area contributed by atoms with E-state index < -0.39 is 0 Å². The van der Waals surface area contributed by atoms with E-state index in [1.165, 1.54) is 4.88 Å². The molecule has 0 unspecified atom stereocenters. The van der Waals surface area contributed by atoms with Crippen molar-refractivity contribution < 1.29 is 14.3 Å². The molecule has 3 heterocycles. The van der Waals surface area contributed by atoms with Crippen LogP contribution in [-0.2, 0) is 17.8 Å². The predicted octanol–water partition coefficient (Wildman–Crippen LogP) is 3.01. The van der Waals surface area contributed by atoms with Gasteiger partial charge in [0.05, 0.1) is 12.0 Å². The lowest BCUT2D eigenvalue weighted by Crippen LogP contribution is -2.48. The minimum absolute atomic E-state index is 0.114. The number of ether oxygens (including phenoxy) is 1. The molecule has 0 N–H and O–H groups in total. The average molecular weight is 414 g/mol. The van der Waals surface area contributed by atoms with Crippen molar-refractivity contribution in [1.82, 2.24) is 9.80 Å². The van der Waals surface area contributed by atoms with Crippen molar-refractivity contribution >= 4 is 28.8 Å². The summed E-state index contributed by atoms with van der Waals surface area (Å²) in [5, 5.41) is 0. The first-order valence-corrected chi connectivity index (χ1v) is 11.0. The highest BCUT2D eigenvalue weighted by Gasteiger charge is 2.27. The number of hydrogen-bond acceptors (Lipinski definition) is 5. The zero-order valence-electron chi connectivity index (χ0n) is 17.0. The number of hydrogen-bond donors (Lipinski definition) is 0. The highest BCUT2D eigenvalue weighted by molar-refractivity contribution is 7.14. The number of nitrogens with zero attached hydrogens (tertiary/aromatic N) is 3. The summed E-state index contributed by atoms with van der Waals surface area (Å²) in [6.07, 6.45) is 1.38. The minimum Gasteiger partial charge on any atom is -0.497 e. The Balaban J connectivity index is 1.39. The molecule has 0 saturated carbocycles. The number of carbonyl (C=O) groups is 2. The first-order chi connectivity index (χ1) is 14.1. The summed E-state index contributed by atoms with van der Waals surface area (Å²) in [5.74, 6) is 1.15. The first-order valence-electron chi connectivity index (χ1n) is 10.2. The Labute approximate surface area is 175 Å². The van der Waals surface area contributed by atoms with Crippen molar-refractivity contribution in [2.45, 2.75) is 26.3 Å². The molecule has 2 amide bonds. The van der Waals surface area contributed by atoms with Gasteiger partial charge in [-0.05, 0) is 30.2 Å². The molecule has 1 aromatic heterocycles. The number of thiophene rings is 1. The summed E-state index contributed by atoms with van der Waals surface area (Å²) in [6, 6.07) is 10.1. The monoisotopic (exact) mass is 413 g/mol. The molecular formula is C22H27N3O3S. The number of fused-ring (bicyclic) bond motifs is 1. The lowest BCUT2D eigenvalue weighted by Gasteiger charge is -2.36. The van der Waals surface area contributed by atoms with Crippen molar-refractivity contribution in [3.63, 3.8) is 0 Å². The van der Waals surface area contributed by atoms with Crippen LogP contribution >= 0.6 is 11.3 Å². The summed E-state index contributed by atoms with van der Waals surface area (Å²) < 4.78 is 5.32. The highest BCUT2D eigenvalue weighted by Crippen LogP contribution is 2.30. The van der Waals surface area contributed by atoms with E-state index in [1.807, 2.05) is 41.0 Å². The van der Waals surface area contributed by atoms with Crippen molar-refractivity contribution in [3.05, 3.63) is 45.6 Å². The minimum atomic E-state index is 0.114. The summed E-state index contributed by atoms with van der Waals surface area (Å²) in [5.41, 5.74) is 2.27. The van der Waals surface area contributed by atoms with Crippen molar-refractivity contribution in [2.24, 2.45) is 0 Å². The predicted molar refractivity (Wildman–Crippen MR) is 115 cm³/mol. The van der Waals surface area contributed by atoms with Gasteiger partial charge in [0.2, 0.25) is 5.91 Å². The largest absolute Gasteiger partial charge is 0.497 e. The molecule has 0 atom stereocenters. The topological polar surface area (TPSA) is 53.1 Å². The smallest absolute Gasteiger partial charge is 0.264 e. The molecule has 1 aromatic carbocycles. The molecule has 2 aliphatic heterocycles. The fourth-order valence-electron chi connectivity index (χ4n) is 4.01. The molecule has 154 valence electrons. The Hall–Kier alpha value is -2.54. The molecule has 0 bridgehead atoms. The van der Waals surface area contributed by atoms with Gasteiger partial charge in [-0.2, -0.15) is 0 Å². The van der Waals surface area contributed by atoms with Gasteiger partial charge < -0.3 is 19.4 Å². The molecule has 29 heavy (non-hydrogen) atoms. The maximum absolute atomic E-state index is 13.1. The van der Waals surface area contributed by atoms with E-state index in [0.717, 1.165) is 47.9 Å². The third-order valence-electron chi connectivity index (χ3n) is 5.72. The van der Waals surface area contributed by atoms with Crippen LogP contribution in [-0.4, -0.2) is 61.4 Å². The van der Waals surface area contributed by atoms with Crippen LogP contribution < -0.4 is 9.64 Å². The van der Waals surface area contributed by atoms with Crippen LogP contribution in [0, 0.1) is 0 Å². The summed E-state index contributed by atoms with van der Waals surface area (Å²) in [4.78, 5) is 33.2. The van der Waals surface area contributed by atoms with Gasteiger partial charge in [-0.3, -0.25) is 9.59 Å². The van der Waals surface area contributed by atoms with Crippen LogP contribution in [0.25, 0.3) is 0 Å². The second-order valence-corrected chi connectivity index (χ2v) is 8.60. The zero-order valence-corrected chi connectivity index (χ0v) is 17.8. The standard InChI is InChI=1S/C22H27N3O3S/c1-3-21(26)25-8-7-19-16(15-25)13-20(29-19)22(27)24-11-9-23(10-12-24)17-5-4-6-18(14-17)28-2/h4-6,13-14H,3,7-12,15H2,1-2H3. The van der Waals surface area contributed by atoms with E-state index in [4.69, 9.17) is 4.74 Å². The molecular weight excluding hydrogens is 386 g/mol. The molecule has 2 aromatic rings. The highest BCUT2D eigenvalue weighted by atomic mass is 32.1. The fraction of sp³-hybridized carbons (Fsp3) is 0.455. The van der Waals surface area contributed by atoms with Gasteiger partial charge in [0.25, 0.3) is 5.91 Å². The normalized spacial score (nSPS) is 16.6. The first kappa shape index (κ1) is 19.8. The Bertz CT molecular complexity index is 902. The third-order valence-corrected chi connectivity index (χ3v) is 6.94. The van der Waals surface area contributed by atoms with Gasteiger partial charge >= 0.3 is 0 Å². The van der Waals surface area contributed by atoms with Gasteiger partial charge in [-0.25, -0.2) is 0 Å². The van der Waals surface area contributed by atoms with E-state index in [2.05, 4.69) is 11.0 Å². The van der Waals surface area contributed by atoms with E-state index in [0.29, 0.717) is 26.1 Å². The summed E-state index contributed by atoms with van der Waals surface area (Å²) >= 11 is 1.60. The maximum atomic E-state index is 13.1. The fourth-order valence-corrected chi connectivity index (χ4v) is 5.14. The van der Waals surface area contributed by atoms with E-state index in [1.54, 1.807) is 18.4 Å². The van der Waals surface area contributed by atoms with Crippen LogP contribution in [0.3, 0.4) is 0 Å². The molecule has 0 aliphatic carbocycles. The van der Waals surface area contributed by atoms with Crippen molar-refractivity contribution in [2.75, 3.05) is 44.7 Å². The third kappa shape index (κ3) is 4.10. The average Bonchev–Trinajstić information content (AvgIpc) is 3.21. The van der Waals surface area contributed by atoms with Gasteiger partial charge in [0.1, 0.15) is 5.75 Å². The second kappa shape index (κ2) is 8.45. The van der Waals surface area contributed by atoms with Gasteiger partial charge in [-0.15, -0.1) is 11.3 Å². The second-order valence-electron chi connectivity index (χ2n) is 7.46. The van der Waals surface area contributed by atoms with Crippen LogP contribution in [0.2, 0.25) is 0 Å². The van der Waals surface area contributed by atoms with E-state index >= 15 is 0 Å². The summed E-state index contributed by atoms with van der Waals surface area (Å²) in [7, 11) is 1.67. The SMILES string of the molecule is CCC(=O)N1CCc2sc(C(=O)N3CCN(c4cccc(OC)c4)CC3)cc2C1. The molecule has 0 radical (unpaired) electrons. The van der Waals surface area contributed by atoms with Gasteiger partial charge in [-0.1, -0.05) is 13.0 Å². The molecule has 1 saturated heterocycles. The lowest BCUT2D eigenvalue weighted by atomic mass is 10.1. The van der Waals surface area contributed by atoms with Gasteiger partial charge in [0.15, 0.2) is 0 Å². The number of rotatable bonds is 4. The Morgan fingerprint density at radius 2 is 1.86 bits per heavy atom. The van der Waals surface area contributed by atoms with E-state index in [9.17, 15) is 9.59 Å². The molecule has 2 aliphatic rings. The van der Waals surface area contributed by atoms with Crippen LogP contribution in [0.4, 0.5) is 5.69 Å². The summed E-state index contributed by atoms with van der Waals surface area (Å²) in [6.45, 7) is 6.32. The molecule has 1 fully saturated rings. The van der Waals surface area contributed by atoms with E-state index in [-0.39, 0.29) is 11.8 Å². The lowest BCUT2D eigenvalue weighted by molar-refractivity contribution is -0.131. The molecule has 0 spiro atoms. The number of methoxy groups -OCH3 is 1. The van der Waals surface area contributed by atoms with Crippen LogP contribution in [0.15, 0.2) is 30.3 Å². The number of benzene rings is 1. The van der Waals surface area contributed by atoms with Crippen molar-refractivity contribution in [1.29, 1.82) is 0 Å². The number of piperazine rings is 1. The molecule has 7 heteroatoms. The molecule has 6 nitrogen and oxygen atoms in total. The van der Waals surface area contributed by atoms with Gasteiger partial charge in [0, 0.05) is 62.3 Å². The Morgan fingerprint density at radius 3 is 2.59 bits per heavy atom. The van der Waals surface area contributed by atoms with Crippen LogP contribution in [0.5, 0.6) is 5.75 Å². The quantitative estimate of drug-likeness (QED) is 0.773. The molecule has 4 rings (SSSR count).